The average Bonchev–Trinajstić information content (AvgIpc) is 3.04. The van der Waals surface area contributed by atoms with E-state index >= 15 is 0 Å². The molecule has 1 N–H and O–H groups in total. The number of carboxylic acid groups (broad SMARTS) is 1. The van der Waals surface area contributed by atoms with Crippen LogP contribution in [0.5, 0.6) is 5.75 Å². The Balaban J connectivity index is 2.22. The summed E-state index contributed by atoms with van der Waals surface area (Å²) in [6.07, 6.45) is 1.52. The van der Waals surface area contributed by atoms with Crippen LogP contribution in [0.1, 0.15) is 31.2 Å². The monoisotopic (exact) mass is 284 g/mol. The van der Waals surface area contributed by atoms with Crippen molar-refractivity contribution < 1.29 is 14.6 Å². The van der Waals surface area contributed by atoms with Gasteiger partial charge in [-0.25, -0.2) is 4.79 Å². The maximum atomic E-state index is 10.7. The molecule has 16 heavy (non-hydrogen) atoms. The molecule has 2 rings (SSSR count). The van der Waals surface area contributed by atoms with Gasteiger partial charge in [-0.05, 0) is 49.4 Å². The summed E-state index contributed by atoms with van der Waals surface area (Å²) in [6, 6.07) is 5.72. The van der Waals surface area contributed by atoms with Crippen molar-refractivity contribution in [3.8, 4) is 5.75 Å². The van der Waals surface area contributed by atoms with Crippen LogP contribution in [-0.2, 0) is 4.79 Å². The van der Waals surface area contributed by atoms with E-state index < -0.39 is 12.1 Å². The minimum absolute atomic E-state index is 0.536. The normalized spacial score (nSPS) is 16.9. The molecule has 1 aromatic carbocycles. The lowest BCUT2D eigenvalue weighted by Crippen LogP contribution is -2.23. The molecule has 3 nitrogen and oxygen atoms in total. The molecule has 0 saturated heterocycles. The summed E-state index contributed by atoms with van der Waals surface area (Å²) in [5.41, 5.74) is 1.11. The molecule has 0 aromatic heterocycles. The van der Waals surface area contributed by atoms with Crippen LogP contribution in [0.15, 0.2) is 22.7 Å². The van der Waals surface area contributed by atoms with Crippen molar-refractivity contribution in [1.29, 1.82) is 0 Å². The van der Waals surface area contributed by atoms with Gasteiger partial charge in [0.25, 0.3) is 0 Å². The zero-order valence-electron chi connectivity index (χ0n) is 8.94. The summed E-state index contributed by atoms with van der Waals surface area (Å²) in [7, 11) is 0. The molecule has 4 heteroatoms. The molecule has 0 unspecified atom stereocenters. The second-order valence-electron chi connectivity index (χ2n) is 4.05. The van der Waals surface area contributed by atoms with Crippen LogP contribution in [-0.4, -0.2) is 17.2 Å². The summed E-state index contributed by atoms with van der Waals surface area (Å²) in [5.74, 6) is 0.291. The highest BCUT2D eigenvalue weighted by atomic mass is 79.9. The summed E-state index contributed by atoms with van der Waals surface area (Å²) >= 11 is 3.42. The lowest BCUT2D eigenvalue weighted by atomic mass is 10.1. The molecule has 1 saturated carbocycles. The predicted octanol–water partition coefficient (Wildman–Crippen LogP) is 3.18. The molecule has 0 spiro atoms. The van der Waals surface area contributed by atoms with E-state index in [0.29, 0.717) is 11.7 Å². The Bertz CT molecular complexity index is 413. The van der Waals surface area contributed by atoms with Gasteiger partial charge in [-0.3, -0.25) is 0 Å². The van der Waals surface area contributed by atoms with E-state index in [0.717, 1.165) is 22.9 Å². The molecule has 0 heterocycles. The Labute approximate surface area is 103 Å². The Morgan fingerprint density at radius 2 is 2.25 bits per heavy atom. The van der Waals surface area contributed by atoms with Crippen molar-refractivity contribution in [2.75, 3.05) is 0 Å². The van der Waals surface area contributed by atoms with Gasteiger partial charge in [0, 0.05) is 4.47 Å². The second kappa shape index (κ2) is 4.45. The smallest absolute Gasteiger partial charge is 0.344 e. The lowest BCUT2D eigenvalue weighted by molar-refractivity contribution is -0.144. The Morgan fingerprint density at radius 3 is 2.81 bits per heavy atom. The van der Waals surface area contributed by atoms with E-state index in [1.165, 1.54) is 0 Å². The molecular formula is C12H13BrO3. The topological polar surface area (TPSA) is 46.5 Å². The average molecular weight is 285 g/mol. The van der Waals surface area contributed by atoms with E-state index in [1.807, 2.05) is 18.2 Å². The molecule has 1 aliphatic rings. The minimum atomic E-state index is -0.940. The predicted molar refractivity (Wildman–Crippen MR) is 63.8 cm³/mol. The van der Waals surface area contributed by atoms with E-state index in [1.54, 1.807) is 6.92 Å². The Kier molecular flexibility index (Phi) is 3.19. The summed E-state index contributed by atoms with van der Waals surface area (Å²) in [4.78, 5) is 10.7. The fraction of sp³-hybridized carbons (Fsp3) is 0.417. The number of hydrogen-bond donors (Lipinski definition) is 1. The van der Waals surface area contributed by atoms with Gasteiger partial charge in [0.05, 0.1) is 0 Å². The van der Waals surface area contributed by atoms with Gasteiger partial charge in [-0.2, -0.15) is 0 Å². The van der Waals surface area contributed by atoms with E-state index in [-0.39, 0.29) is 0 Å². The first kappa shape index (κ1) is 11.5. The Hall–Kier alpha value is -1.03. The van der Waals surface area contributed by atoms with Gasteiger partial charge in [0.15, 0.2) is 6.10 Å². The SMILES string of the molecule is C[C@H](Oc1ccc(Br)cc1C1CC1)C(=O)O. The molecule has 0 bridgehead atoms. The van der Waals surface area contributed by atoms with Gasteiger partial charge in [-0.1, -0.05) is 15.9 Å². The Morgan fingerprint density at radius 1 is 1.56 bits per heavy atom. The number of halogens is 1. The van der Waals surface area contributed by atoms with E-state index in [9.17, 15) is 4.79 Å². The maximum Gasteiger partial charge on any atom is 0.344 e. The molecule has 86 valence electrons. The standard InChI is InChI=1S/C12H13BrO3/c1-7(12(14)15)16-11-5-4-9(13)6-10(11)8-2-3-8/h4-8H,2-3H2,1H3,(H,14,15)/t7-/m0/s1. The third kappa shape index (κ3) is 2.55. The van der Waals surface area contributed by atoms with Crippen LogP contribution >= 0.6 is 15.9 Å². The highest BCUT2D eigenvalue weighted by Crippen LogP contribution is 2.45. The molecule has 0 radical (unpaired) electrons. The lowest BCUT2D eigenvalue weighted by Gasteiger charge is -2.14. The second-order valence-corrected chi connectivity index (χ2v) is 4.97. The van der Waals surface area contributed by atoms with Crippen LogP contribution in [0.3, 0.4) is 0 Å². The first-order valence-corrected chi connectivity index (χ1v) is 6.06. The molecular weight excluding hydrogens is 272 g/mol. The van der Waals surface area contributed by atoms with E-state index in [4.69, 9.17) is 9.84 Å². The highest BCUT2D eigenvalue weighted by Gasteiger charge is 2.28. The van der Waals surface area contributed by atoms with Crippen molar-refractivity contribution in [2.45, 2.75) is 31.8 Å². The third-order valence-electron chi connectivity index (χ3n) is 2.64. The number of hydrogen-bond acceptors (Lipinski definition) is 2. The van der Waals surface area contributed by atoms with Crippen molar-refractivity contribution in [3.05, 3.63) is 28.2 Å². The summed E-state index contributed by atoms with van der Waals surface area (Å²) < 4.78 is 6.45. The number of carboxylic acids is 1. The quantitative estimate of drug-likeness (QED) is 0.924. The number of rotatable bonds is 4. The molecule has 0 aliphatic heterocycles. The van der Waals surface area contributed by atoms with Crippen molar-refractivity contribution in [3.63, 3.8) is 0 Å². The highest BCUT2D eigenvalue weighted by molar-refractivity contribution is 9.10. The van der Waals surface area contributed by atoms with Gasteiger partial charge < -0.3 is 9.84 Å². The fourth-order valence-electron chi connectivity index (χ4n) is 1.58. The molecule has 1 aromatic rings. The van der Waals surface area contributed by atoms with Crippen LogP contribution in [0, 0.1) is 0 Å². The van der Waals surface area contributed by atoms with Crippen molar-refractivity contribution in [2.24, 2.45) is 0 Å². The molecule has 1 atom stereocenters. The molecule has 1 fully saturated rings. The van der Waals surface area contributed by atoms with Crippen LogP contribution in [0.25, 0.3) is 0 Å². The fourth-order valence-corrected chi connectivity index (χ4v) is 1.96. The zero-order valence-corrected chi connectivity index (χ0v) is 10.5. The van der Waals surface area contributed by atoms with Crippen molar-refractivity contribution in [1.82, 2.24) is 0 Å². The van der Waals surface area contributed by atoms with Gasteiger partial charge in [0.2, 0.25) is 0 Å². The minimum Gasteiger partial charge on any atom is -0.479 e. The number of aliphatic carboxylic acids is 1. The number of ether oxygens (including phenoxy) is 1. The van der Waals surface area contributed by atoms with Gasteiger partial charge in [-0.15, -0.1) is 0 Å². The first-order valence-electron chi connectivity index (χ1n) is 5.27. The first-order chi connectivity index (χ1) is 7.58. The molecule has 1 aliphatic carbocycles. The summed E-state index contributed by atoms with van der Waals surface area (Å²) in [6.45, 7) is 1.54. The van der Waals surface area contributed by atoms with Crippen LogP contribution < -0.4 is 4.74 Å². The van der Waals surface area contributed by atoms with Crippen molar-refractivity contribution >= 4 is 21.9 Å². The van der Waals surface area contributed by atoms with Gasteiger partial charge >= 0.3 is 5.97 Å². The summed E-state index contributed by atoms with van der Waals surface area (Å²) in [5, 5.41) is 8.81. The zero-order chi connectivity index (χ0) is 11.7. The molecule has 0 amide bonds. The number of carbonyl (C=O) groups is 1. The third-order valence-corrected chi connectivity index (χ3v) is 3.13. The largest absolute Gasteiger partial charge is 0.479 e. The van der Waals surface area contributed by atoms with Crippen LogP contribution in [0.4, 0.5) is 0 Å². The van der Waals surface area contributed by atoms with Gasteiger partial charge in [0.1, 0.15) is 5.75 Å². The number of benzene rings is 1. The maximum absolute atomic E-state index is 10.7. The van der Waals surface area contributed by atoms with Crippen LogP contribution in [0.2, 0.25) is 0 Å². The van der Waals surface area contributed by atoms with E-state index in [2.05, 4.69) is 15.9 Å².